The van der Waals surface area contributed by atoms with E-state index in [-0.39, 0.29) is 22.3 Å². The number of aromatic amines is 1. The van der Waals surface area contributed by atoms with Gasteiger partial charge in [-0.2, -0.15) is 5.10 Å². The van der Waals surface area contributed by atoms with Crippen molar-refractivity contribution in [3.63, 3.8) is 0 Å². The minimum absolute atomic E-state index is 0.000126. The van der Waals surface area contributed by atoms with E-state index in [0.717, 1.165) is 32.6 Å². The van der Waals surface area contributed by atoms with Crippen molar-refractivity contribution in [3.05, 3.63) is 20.7 Å². The molecule has 2 N–H and O–H groups in total. The molecule has 8 heteroatoms. The topological polar surface area (TPSA) is 76.9 Å². The molecule has 0 amide bonds. The van der Waals surface area contributed by atoms with Gasteiger partial charge < -0.3 is 10.0 Å². The van der Waals surface area contributed by atoms with Gasteiger partial charge in [0, 0.05) is 32.2 Å². The zero-order chi connectivity index (χ0) is 16.3. The maximum absolute atomic E-state index is 12.0. The fourth-order valence-electron chi connectivity index (χ4n) is 2.31. The first-order valence-electron chi connectivity index (χ1n) is 7.49. The molecule has 0 spiro atoms. The molecule has 1 aliphatic rings. The van der Waals surface area contributed by atoms with E-state index in [0.29, 0.717) is 0 Å². The van der Waals surface area contributed by atoms with Gasteiger partial charge in [-0.3, -0.25) is 19.4 Å². The van der Waals surface area contributed by atoms with Crippen LogP contribution in [0, 0.1) is 4.77 Å². The lowest BCUT2D eigenvalue weighted by molar-refractivity contribution is 0.159. The number of hydrazone groups is 1. The normalized spacial score (nSPS) is 18.0. The Hall–Kier alpha value is -1.67. The zero-order valence-electron chi connectivity index (χ0n) is 13.2. The van der Waals surface area contributed by atoms with Gasteiger partial charge in [0.15, 0.2) is 4.77 Å². The maximum Gasteiger partial charge on any atom is 0.264 e. The summed E-state index contributed by atoms with van der Waals surface area (Å²) in [6.45, 7) is 7.39. The number of hydrogen-bond donors (Lipinski definition) is 2. The molecule has 22 heavy (non-hydrogen) atoms. The van der Waals surface area contributed by atoms with Crippen LogP contribution < -0.4 is 5.56 Å². The van der Waals surface area contributed by atoms with Gasteiger partial charge in [-0.05, 0) is 32.6 Å². The van der Waals surface area contributed by atoms with Gasteiger partial charge in [0.05, 0.1) is 6.21 Å². The summed E-state index contributed by atoms with van der Waals surface area (Å²) < 4.78 is 1.79. The van der Waals surface area contributed by atoms with Crippen molar-refractivity contribution in [2.45, 2.75) is 26.3 Å². The van der Waals surface area contributed by atoms with E-state index < -0.39 is 5.56 Å². The van der Waals surface area contributed by atoms with Crippen molar-refractivity contribution in [2.75, 3.05) is 33.2 Å². The fourth-order valence-corrected chi connectivity index (χ4v) is 2.67. The van der Waals surface area contributed by atoms with E-state index in [2.05, 4.69) is 22.0 Å². The second-order valence-corrected chi connectivity index (χ2v) is 6.01. The Labute approximate surface area is 134 Å². The molecule has 2 rings (SSSR count). The van der Waals surface area contributed by atoms with E-state index in [4.69, 9.17) is 12.2 Å². The van der Waals surface area contributed by atoms with Gasteiger partial charge in [0.25, 0.3) is 5.56 Å². The molecule has 0 bridgehead atoms. The average molecular weight is 325 g/mol. The number of nitrogens with one attached hydrogen (secondary N) is 1. The quantitative estimate of drug-likeness (QED) is 0.642. The van der Waals surface area contributed by atoms with Crippen molar-refractivity contribution in [3.8, 4) is 5.88 Å². The maximum atomic E-state index is 12.0. The van der Waals surface area contributed by atoms with Crippen LogP contribution in [0.3, 0.4) is 0 Å². The smallest absolute Gasteiger partial charge is 0.264 e. The Morgan fingerprint density at radius 2 is 2.05 bits per heavy atom. The first-order chi connectivity index (χ1) is 10.4. The predicted octanol–water partition coefficient (Wildman–Crippen LogP) is 1.16. The summed E-state index contributed by atoms with van der Waals surface area (Å²) in [4.78, 5) is 16.9. The van der Waals surface area contributed by atoms with Crippen LogP contribution in [-0.2, 0) is 0 Å². The standard InChI is InChI=1S/C14H23N5O2S/c1-4-10(2)19-13(21)11(12(20)16-14(19)22)9-15-18-7-5-17(3)6-8-18/h9-10,21H,4-8H2,1-3H3,(H,16,20,22)/b15-9+/t10-/m0/s1. The van der Waals surface area contributed by atoms with Crippen LogP contribution >= 0.6 is 12.2 Å². The lowest BCUT2D eigenvalue weighted by atomic mass is 10.2. The second-order valence-electron chi connectivity index (χ2n) is 5.63. The van der Waals surface area contributed by atoms with Gasteiger partial charge in [0.1, 0.15) is 5.56 Å². The molecule has 1 saturated heterocycles. The van der Waals surface area contributed by atoms with Crippen LogP contribution in [-0.4, -0.2) is 64.0 Å². The summed E-state index contributed by atoms with van der Waals surface area (Å²) in [5.41, 5.74) is -0.271. The second kappa shape index (κ2) is 7.06. The number of nitrogens with zero attached hydrogens (tertiary/aromatic N) is 4. The molecular formula is C14H23N5O2S. The third-order valence-electron chi connectivity index (χ3n) is 4.01. The summed E-state index contributed by atoms with van der Waals surface area (Å²) in [5.74, 6) is -0.124. The number of hydrogen-bond acceptors (Lipinski definition) is 6. The molecule has 7 nitrogen and oxygen atoms in total. The number of aromatic nitrogens is 2. The van der Waals surface area contributed by atoms with E-state index in [1.165, 1.54) is 6.21 Å². The van der Waals surface area contributed by atoms with Gasteiger partial charge in [-0.25, -0.2) is 0 Å². The monoisotopic (exact) mass is 325 g/mol. The van der Waals surface area contributed by atoms with Crippen molar-refractivity contribution >= 4 is 18.4 Å². The van der Waals surface area contributed by atoms with Gasteiger partial charge in [0.2, 0.25) is 5.88 Å². The molecule has 0 saturated carbocycles. The van der Waals surface area contributed by atoms with Gasteiger partial charge in [-0.1, -0.05) is 6.92 Å². The minimum Gasteiger partial charge on any atom is -0.494 e. The first kappa shape index (κ1) is 16.7. The fraction of sp³-hybridized carbons (Fsp3) is 0.643. The lowest BCUT2D eigenvalue weighted by Gasteiger charge is -2.30. The minimum atomic E-state index is -0.417. The summed E-state index contributed by atoms with van der Waals surface area (Å²) in [7, 11) is 2.06. The molecule has 0 aromatic carbocycles. The van der Waals surface area contributed by atoms with Crippen molar-refractivity contribution in [1.29, 1.82) is 0 Å². The molecule has 1 atom stereocenters. The number of likely N-dealkylation sites (N-methyl/N-ethyl adjacent to an activating group) is 1. The van der Waals surface area contributed by atoms with Crippen LogP contribution in [0.1, 0.15) is 31.9 Å². The SMILES string of the molecule is CC[C@H](C)n1c(O)c(/C=N/N2CCN(C)CC2)c(=O)[nH]c1=S. The average Bonchev–Trinajstić information content (AvgIpc) is 2.48. The molecule has 1 aliphatic heterocycles. The van der Waals surface area contributed by atoms with Crippen LogP contribution in [0.5, 0.6) is 5.88 Å². The number of rotatable bonds is 4. The molecule has 1 aromatic heterocycles. The Bertz CT molecular complexity index is 658. The van der Waals surface area contributed by atoms with Crippen molar-refractivity contribution in [2.24, 2.45) is 5.10 Å². The molecule has 1 fully saturated rings. The first-order valence-corrected chi connectivity index (χ1v) is 7.90. The zero-order valence-corrected chi connectivity index (χ0v) is 14.1. The Morgan fingerprint density at radius 1 is 1.41 bits per heavy atom. The Morgan fingerprint density at radius 3 is 2.64 bits per heavy atom. The summed E-state index contributed by atoms with van der Waals surface area (Å²) in [6, 6.07) is 0.000126. The van der Waals surface area contributed by atoms with E-state index in [1.807, 2.05) is 18.9 Å². The summed E-state index contributed by atoms with van der Waals surface area (Å²) in [5, 5.41) is 16.6. The third-order valence-corrected chi connectivity index (χ3v) is 4.31. The largest absolute Gasteiger partial charge is 0.494 e. The molecule has 0 unspecified atom stereocenters. The van der Waals surface area contributed by atoms with Crippen LogP contribution in [0.2, 0.25) is 0 Å². The van der Waals surface area contributed by atoms with Crippen LogP contribution in [0.25, 0.3) is 0 Å². The molecule has 0 radical (unpaired) electrons. The number of H-pyrrole nitrogens is 1. The van der Waals surface area contributed by atoms with E-state index in [1.54, 1.807) is 4.57 Å². The van der Waals surface area contributed by atoms with Crippen LogP contribution in [0.15, 0.2) is 9.90 Å². The molecular weight excluding hydrogens is 302 g/mol. The predicted molar refractivity (Wildman–Crippen MR) is 89.2 cm³/mol. The molecule has 1 aromatic rings. The lowest BCUT2D eigenvalue weighted by Crippen LogP contribution is -2.41. The highest BCUT2D eigenvalue weighted by atomic mass is 32.1. The highest BCUT2D eigenvalue weighted by Crippen LogP contribution is 2.20. The highest BCUT2D eigenvalue weighted by Gasteiger charge is 2.16. The van der Waals surface area contributed by atoms with Crippen molar-refractivity contribution in [1.82, 2.24) is 19.5 Å². The Balaban J connectivity index is 2.31. The molecule has 122 valence electrons. The molecule has 0 aliphatic carbocycles. The Kier molecular flexibility index (Phi) is 5.36. The van der Waals surface area contributed by atoms with Crippen molar-refractivity contribution < 1.29 is 5.11 Å². The third kappa shape index (κ3) is 3.56. The summed E-state index contributed by atoms with van der Waals surface area (Å²) in [6.07, 6.45) is 2.22. The van der Waals surface area contributed by atoms with E-state index in [9.17, 15) is 9.90 Å². The van der Waals surface area contributed by atoms with Gasteiger partial charge in [-0.15, -0.1) is 0 Å². The molecule has 2 heterocycles. The summed E-state index contributed by atoms with van der Waals surface area (Å²) >= 11 is 5.14. The van der Waals surface area contributed by atoms with E-state index >= 15 is 0 Å². The van der Waals surface area contributed by atoms with Crippen LogP contribution in [0.4, 0.5) is 0 Å². The van der Waals surface area contributed by atoms with Gasteiger partial charge >= 0.3 is 0 Å². The highest BCUT2D eigenvalue weighted by molar-refractivity contribution is 7.71. The number of piperazine rings is 1. The number of aromatic hydroxyl groups is 1.